The molecular formula is C21H22ClN5O2. The van der Waals surface area contributed by atoms with Crippen molar-refractivity contribution < 1.29 is 9.32 Å². The minimum absolute atomic E-state index is 0.280. The van der Waals surface area contributed by atoms with Gasteiger partial charge in [-0.3, -0.25) is 4.79 Å². The number of halogens is 1. The highest BCUT2D eigenvalue weighted by Gasteiger charge is 2.23. The number of rotatable bonds is 5. The zero-order valence-corrected chi connectivity index (χ0v) is 17.2. The largest absolute Gasteiger partial charge is 0.360 e. The predicted molar refractivity (Wildman–Crippen MR) is 111 cm³/mol. The van der Waals surface area contributed by atoms with Crippen molar-refractivity contribution in [2.75, 3.05) is 18.0 Å². The minimum Gasteiger partial charge on any atom is -0.360 e. The van der Waals surface area contributed by atoms with E-state index in [1.807, 2.05) is 31.2 Å². The highest BCUT2D eigenvalue weighted by Crippen LogP contribution is 2.31. The Labute approximate surface area is 174 Å². The Balaban J connectivity index is 1.54. The van der Waals surface area contributed by atoms with Gasteiger partial charge in [0.15, 0.2) is 0 Å². The van der Waals surface area contributed by atoms with E-state index in [0.717, 1.165) is 43.3 Å². The van der Waals surface area contributed by atoms with Crippen LogP contribution < -0.4 is 10.2 Å². The second-order valence-corrected chi connectivity index (χ2v) is 7.53. The van der Waals surface area contributed by atoms with Crippen LogP contribution in [-0.4, -0.2) is 34.1 Å². The molecule has 0 saturated carbocycles. The first-order valence-corrected chi connectivity index (χ1v) is 9.99. The maximum absolute atomic E-state index is 12.9. The fraction of sp³-hybridized carbons (Fsp3) is 0.333. The van der Waals surface area contributed by atoms with Gasteiger partial charge in [-0.1, -0.05) is 35.0 Å². The highest BCUT2D eigenvalue weighted by molar-refractivity contribution is 6.33. The summed E-state index contributed by atoms with van der Waals surface area (Å²) in [5.41, 5.74) is 3.11. The smallest absolute Gasteiger partial charge is 0.257 e. The van der Waals surface area contributed by atoms with Gasteiger partial charge >= 0.3 is 0 Å². The molecule has 3 heterocycles. The van der Waals surface area contributed by atoms with Crippen molar-refractivity contribution in [2.24, 2.45) is 0 Å². The molecule has 1 aliphatic heterocycles. The maximum atomic E-state index is 12.9. The Hall–Kier alpha value is -2.93. The normalized spacial score (nSPS) is 13.7. The van der Waals surface area contributed by atoms with Gasteiger partial charge in [-0.25, -0.2) is 9.97 Å². The summed E-state index contributed by atoms with van der Waals surface area (Å²) < 4.78 is 5.28. The number of aromatic nitrogens is 3. The Bertz CT molecular complexity index is 1040. The van der Waals surface area contributed by atoms with E-state index in [1.165, 1.54) is 0 Å². The van der Waals surface area contributed by atoms with Crippen LogP contribution in [0.3, 0.4) is 0 Å². The predicted octanol–water partition coefficient (Wildman–Crippen LogP) is 3.93. The number of amides is 1. The molecule has 1 saturated heterocycles. The van der Waals surface area contributed by atoms with Crippen LogP contribution in [0.2, 0.25) is 5.02 Å². The van der Waals surface area contributed by atoms with Crippen LogP contribution in [0.1, 0.15) is 40.3 Å². The first kappa shape index (κ1) is 19.4. The quantitative estimate of drug-likeness (QED) is 0.684. The summed E-state index contributed by atoms with van der Waals surface area (Å²) in [5.74, 6) is 0.886. The third kappa shape index (κ3) is 4.10. The summed E-state index contributed by atoms with van der Waals surface area (Å²) in [4.78, 5) is 24.3. The molecule has 1 N–H and O–H groups in total. The molecule has 0 aliphatic carbocycles. The van der Waals surface area contributed by atoms with Crippen LogP contribution in [0.4, 0.5) is 5.95 Å². The van der Waals surface area contributed by atoms with Crippen LogP contribution in [-0.2, 0) is 6.54 Å². The molecule has 29 heavy (non-hydrogen) atoms. The zero-order valence-electron chi connectivity index (χ0n) is 16.4. The van der Waals surface area contributed by atoms with E-state index in [9.17, 15) is 4.79 Å². The molecule has 150 valence electrons. The first-order valence-electron chi connectivity index (χ1n) is 9.62. The number of carbonyl (C=O) groups is 1. The molecule has 1 aliphatic rings. The van der Waals surface area contributed by atoms with Crippen molar-refractivity contribution in [3.05, 3.63) is 58.1 Å². The maximum Gasteiger partial charge on any atom is 0.257 e. The molecule has 0 atom stereocenters. The second-order valence-electron chi connectivity index (χ2n) is 7.12. The van der Waals surface area contributed by atoms with E-state index in [-0.39, 0.29) is 12.5 Å². The highest BCUT2D eigenvalue weighted by atomic mass is 35.5. The van der Waals surface area contributed by atoms with Crippen LogP contribution in [0.5, 0.6) is 0 Å². The van der Waals surface area contributed by atoms with Crippen LogP contribution in [0.15, 0.2) is 34.9 Å². The molecular weight excluding hydrogens is 390 g/mol. The first-order chi connectivity index (χ1) is 14.0. The van der Waals surface area contributed by atoms with Crippen LogP contribution >= 0.6 is 11.6 Å². The molecule has 7 nitrogen and oxygen atoms in total. The van der Waals surface area contributed by atoms with Crippen molar-refractivity contribution >= 4 is 23.5 Å². The molecule has 0 unspecified atom stereocenters. The molecule has 1 fully saturated rings. The number of benzene rings is 1. The molecule has 0 spiro atoms. The summed E-state index contributed by atoms with van der Waals surface area (Å²) in [5, 5.41) is 7.49. The van der Waals surface area contributed by atoms with Crippen molar-refractivity contribution in [1.29, 1.82) is 0 Å². The molecule has 2 aromatic heterocycles. The summed E-state index contributed by atoms with van der Waals surface area (Å²) in [6, 6.07) is 9.12. The number of anilines is 1. The Morgan fingerprint density at radius 3 is 2.72 bits per heavy atom. The molecule has 1 amide bonds. The average Bonchev–Trinajstić information content (AvgIpc) is 3.36. The number of aryl methyl sites for hydroxylation is 2. The third-order valence-electron chi connectivity index (χ3n) is 4.93. The topological polar surface area (TPSA) is 84.2 Å². The summed E-state index contributed by atoms with van der Waals surface area (Å²) >= 11 is 6.28. The van der Waals surface area contributed by atoms with Crippen LogP contribution in [0.25, 0.3) is 11.3 Å². The number of hydrogen-bond acceptors (Lipinski definition) is 6. The van der Waals surface area contributed by atoms with Crippen molar-refractivity contribution in [2.45, 2.75) is 33.2 Å². The zero-order chi connectivity index (χ0) is 20.4. The van der Waals surface area contributed by atoms with Crippen molar-refractivity contribution in [3.63, 3.8) is 0 Å². The van der Waals surface area contributed by atoms with E-state index in [2.05, 4.69) is 25.3 Å². The van der Waals surface area contributed by atoms with Gasteiger partial charge in [-0.05, 0) is 38.8 Å². The molecule has 3 aromatic rings. The van der Waals surface area contributed by atoms with Gasteiger partial charge < -0.3 is 14.7 Å². The average molecular weight is 412 g/mol. The lowest BCUT2D eigenvalue weighted by atomic mass is 10.1. The molecule has 0 radical (unpaired) electrons. The van der Waals surface area contributed by atoms with Gasteiger partial charge in [0.05, 0.1) is 17.3 Å². The summed E-state index contributed by atoms with van der Waals surface area (Å²) in [6.45, 7) is 5.87. The third-order valence-corrected chi connectivity index (χ3v) is 5.26. The number of carbonyl (C=O) groups excluding carboxylic acids is 1. The Morgan fingerprint density at radius 2 is 1.97 bits per heavy atom. The van der Waals surface area contributed by atoms with Crippen molar-refractivity contribution in [1.82, 2.24) is 20.4 Å². The van der Waals surface area contributed by atoms with Gasteiger partial charge in [0.2, 0.25) is 5.95 Å². The van der Waals surface area contributed by atoms with E-state index >= 15 is 0 Å². The fourth-order valence-corrected chi connectivity index (χ4v) is 3.73. The molecule has 8 heteroatoms. The van der Waals surface area contributed by atoms with E-state index in [0.29, 0.717) is 27.6 Å². The second kappa shape index (κ2) is 8.21. The lowest BCUT2D eigenvalue weighted by Crippen LogP contribution is -2.26. The lowest BCUT2D eigenvalue weighted by Gasteiger charge is -2.16. The van der Waals surface area contributed by atoms with Crippen LogP contribution in [0, 0.1) is 13.8 Å². The lowest BCUT2D eigenvalue weighted by molar-refractivity contribution is 0.0949. The summed E-state index contributed by atoms with van der Waals surface area (Å²) in [7, 11) is 0. The summed E-state index contributed by atoms with van der Waals surface area (Å²) in [6.07, 6.45) is 2.31. The van der Waals surface area contributed by atoms with E-state index in [1.54, 1.807) is 13.0 Å². The molecule has 4 rings (SSSR count). The number of nitrogens with zero attached hydrogens (tertiary/aromatic N) is 4. The van der Waals surface area contributed by atoms with Gasteiger partial charge in [0.1, 0.15) is 17.0 Å². The van der Waals surface area contributed by atoms with Crippen molar-refractivity contribution in [3.8, 4) is 11.3 Å². The Kier molecular flexibility index (Phi) is 5.49. The van der Waals surface area contributed by atoms with E-state index in [4.69, 9.17) is 16.1 Å². The van der Waals surface area contributed by atoms with Gasteiger partial charge in [0, 0.05) is 24.3 Å². The Morgan fingerprint density at radius 1 is 1.21 bits per heavy atom. The number of hydrogen-bond donors (Lipinski definition) is 1. The van der Waals surface area contributed by atoms with E-state index < -0.39 is 0 Å². The van der Waals surface area contributed by atoms with Gasteiger partial charge in [-0.2, -0.15) is 0 Å². The fourth-order valence-electron chi connectivity index (χ4n) is 3.50. The number of nitrogens with one attached hydrogen (secondary N) is 1. The monoisotopic (exact) mass is 411 g/mol. The SMILES string of the molecule is Cc1cc(CNC(=O)c2c(-c3ccccc3Cl)noc2C)nc(N2CCCC2)n1. The minimum atomic E-state index is -0.280. The van der Waals surface area contributed by atoms with Gasteiger partial charge in [-0.15, -0.1) is 0 Å². The molecule has 0 bridgehead atoms. The standard InChI is InChI=1S/C21H22ClN5O2/c1-13-11-15(25-21(24-13)27-9-5-6-10-27)12-23-20(28)18-14(2)29-26-19(18)16-7-3-4-8-17(16)22/h3-4,7-8,11H,5-6,9-10,12H2,1-2H3,(H,23,28). The molecule has 1 aromatic carbocycles. The van der Waals surface area contributed by atoms with Gasteiger partial charge in [0.25, 0.3) is 5.91 Å².